The molecule has 1 heterocycles. The SMILES string of the molecule is COc1ccc(CCCNC(=O)c2ccc(NS(=O)(=O)c3cccs3)cc2)cc1. The minimum absolute atomic E-state index is 0.188. The van der Waals surface area contributed by atoms with Gasteiger partial charge < -0.3 is 10.1 Å². The summed E-state index contributed by atoms with van der Waals surface area (Å²) in [4.78, 5) is 12.3. The van der Waals surface area contributed by atoms with Crippen molar-refractivity contribution in [3.05, 3.63) is 77.2 Å². The molecule has 8 heteroatoms. The third-order valence-electron chi connectivity index (χ3n) is 4.25. The summed E-state index contributed by atoms with van der Waals surface area (Å²) >= 11 is 1.15. The minimum atomic E-state index is -3.59. The number of carbonyl (C=O) groups excluding carboxylic acids is 1. The molecule has 0 aliphatic carbocycles. The number of thiophene rings is 1. The molecule has 1 amide bonds. The Bertz CT molecular complexity index is 1030. The van der Waals surface area contributed by atoms with E-state index in [4.69, 9.17) is 4.74 Å². The number of ether oxygens (including phenoxy) is 1. The Labute approximate surface area is 174 Å². The summed E-state index contributed by atoms with van der Waals surface area (Å²) in [6, 6.07) is 17.4. The van der Waals surface area contributed by atoms with Crippen LogP contribution in [0.15, 0.2) is 70.3 Å². The molecule has 0 aliphatic heterocycles. The summed E-state index contributed by atoms with van der Waals surface area (Å²) in [6.07, 6.45) is 1.67. The molecule has 152 valence electrons. The molecule has 3 rings (SSSR count). The third kappa shape index (κ3) is 5.82. The van der Waals surface area contributed by atoms with Crippen LogP contribution in [0.4, 0.5) is 5.69 Å². The Morgan fingerprint density at radius 2 is 1.76 bits per heavy atom. The van der Waals surface area contributed by atoms with Crippen LogP contribution in [0.3, 0.4) is 0 Å². The number of benzene rings is 2. The number of sulfonamides is 1. The lowest BCUT2D eigenvalue weighted by Gasteiger charge is -2.08. The minimum Gasteiger partial charge on any atom is -0.497 e. The smallest absolute Gasteiger partial charge is 0.271 e. The first-order valence-electron chi connectivity index (χ1n) is 9.05. The van der Waals surface area contributed by atoms with Gasteiger partial charge in [0.05, 0.1) is 7.11 Å². The summed E-state index contributed by atoms with van der Waals surface area (Å²) in [5.74, 6) is 0.635. The summed E-state index contributed by atoms with van der Waals surface area (Å²) < 4.78 is 32.3. The lowest BCUT2D eigenvalue weighted by molar-refractivity contribution is 0.0953. The van der Waals surface area contributed by atoms with E-state index in [0.717, 1.165) is 29.9 Å². The van der Waals surface area contributed by atoms with Gasteiger partial charge in [-0.2, -0.15) is 0 Å². The first-order valence-corrected chi connectivity index (χ1v) is 11.4. The van der Waals surface area contributed by atoms with E-state index in [-0.39, 0.29) is 10.1 Å². The summed E-state index contributed by atoms with van der Waals surface area (Å²) in [6.45, 7) is 0.553. The largest absolute Gasteiger partial charge is 0.497 e. The Kier molecular flexibility index (Phi) is 6.90. The van der Waals surface area contributed by atoms with Crippen molar-refractivity contribution in [2.45, 2.75) is 17.1 Å². The van der Waals surface area contributed by atoms with E-state index in [0.29, 0.717) is 17.8 Å². The van der Waals surface area contributed by atoms with Crippen LogP contribution in [0.1, 0.15) is 22.3 Å². The maximum atomic E-state index is 12.3. The van der Waals surface area contributed by atoms with Gasteiger partial charge in [-0.15, -0.1) is 11.3 Å². The number of carbonyl (C=O) groups is 1. The van der Waals surface area contributed by atoms with Crippen LogP contribution < -0.4 is 14.8 Å². The van der Waals surface area contributed by atoms with Crippen molar-refractivity contribution >= 4 is 33.0 Å². The van der Waals surface area contributed by atoms with Crippen molar-refractivity contribution < 1.29 is 17.9 Å². The van der Waals surface area contributed by atoms with Gasteiger partial charge in [-0.25, -0.2) is 8.42 Å². The van der Waals surface area contributed by atoms with Crippen LogP contribution in [0, 0.1) is 0 Å². The highest BCUT2D eigenvalue weighted by Crippen LogP contribution is 2.20. The Hall–Kier alpha value is -2.84. The number of methoxy groups -OCH3 is 1. The normalized spacial score (nSPS) is 11.1. The predicted molar refractivity (Wildman–Crippen MR) is 115 cm³/mol. The van der Waals surface area contributed by atoms with Crippen LogP contribution in [-0.4, -0.2) is 28.0 Å². The van der Waals surface area contributed by atoms with Crippen LogP contribution in [-0.2, 0) is 16.4 Å². The van der Waals surface area contributed by atoms with E-state index in [1.807, 2.05) is 24.3 Å². The molecular formula is C21H22N2O4S2. The maximum absolute atomic E-state index is 12.3. The fraction of sp³-hybridized carbons (Fsp3) is 0.190. The van der Waals surface area contributed by atoms with Gasteiger partial charge in [-0.3, -0.25) is 9.52 Å². The van der Waals surface area contributed by atoms with Gasteiger partial charge in [0.15, 0.2) is 0 Å². The van der Waals surface area contributed by atoms with Gasteiger partial charge in [0.25, 0.3) is 15.9 Å². The van der Waals surface area contributed by atoms with Gasteiger partial charge >= 0.3 is 0 Å². The number of amides is 1. The molecule has 0 fully saturated rings. The van der Waals surface area contributed by atoms with Crippen molar-refractivity contribution in [3.63, 3.8) is 0 Å². The van der Waals surface area contributed by atoms with E-state index in [1.54, 1.807) is 48.9 Å². The Morgan fingerprint density at radius 1 is 1.03 bits per heavy atom. The van der Waals surface area contributed by atoms with Gasteiger partial charge in [0.2, 0.25) is 0 Å². The number of rotatable bonds is 9. The quantitative estimate of drug-likeness (QED) is 0.504. The van der Waals surface area contributed by atoms with E-state index in [9.17, 15) is 13.2 Å². The Morgan fingerprint density at radius 3 is 2.38 bits per heavy atom. The van der Waals surface area contributed by atoms with Crippen LogP contribution in [0.2, 0.25) is 0 Å². The zero-order valence-corrected chi connectivity index (χ0v) is 17.6. The molecule has 0 aliphatic rings. The lowest BCUT2D eigenvalue weighted by atomic mass is 10.1. The van der Waals surface area contributed by atoms with Crippen LogP contribution in [0.25, 0.3) is 0 Å². The second kappa shape index (κ2) is 9.58. The molecule has 0 spiro atoms. The predicted octanol–water partition coefficient (Wildman–Crippen LogP) is 3.92. The molecule has 0 bridgehead atoms. The van der Waals surface area contributed by atoms with Gasteiger partial charge in [-0.05, 0) is 66.2 Å². The number of aryl methyl sites for hydroxylation is 1. The highest BCUT2D eigenvalue weighted by Gasteiger charge is 2.15. The van der Waals surface area contributed by atoms with Crippen molar-refractivity contribution in [1.82, 2.24) is 5.32 Å². The van der Waals surface area contributed by atoms with Crippen molar-refractivity contribution in [3.8, 4) is 5.75 Å². The fourth-order valence-corrected chi connectivity index (χ4v) is 4.75. The van der Waals surface area contributed by atoms with E-state index < -0.39 is 10.0 Å². The summed E-state index contributed by atoms with van der Waals surface area (Å²) in [5, 5.41) is 4.59. The number of hydrogen-bond acceptors (Lipinski definition) is 5. The molecule has 3 aromatic rings. The second-order valence-electron chi connectivity index (χ2n) is 6.32. The van der Waals surface area contributed by atoms with Crippen molar-refractivity contribution in [2.75, 3.05) is 18.4 Å². The van der Waals surface area contributed by atoms with E-state index in [2.05, 4.69) is 10.0 Å². The zero-order chi connectivity index (χ0) is 20.7. The highest BCUT2D eigenvalue weighted by atomic mass is 32.2. The van der Waals surface area contributed by atoms with Crippen LogP contribution >= 0.6 is 11.3 Å². The summed E-state index contributed by atoms with van der Waals surface area (Å²) in [7, 11) is -1.96. The molecule has 0 unspecified atom stereocenters. The molecular weight excluding hydrogens is 408 g/mol. The molecule has 2 N–H and O–H groups in total. The van der Waals surface area contributed by atoms with E-state index in [1.165, 1.54) is 5.56 Å². The molecule has 6 nitrogen and oxygen atoms in total. The number of anilines is 1. The van der Waals surface area contributed by atoms with Gasteiger partial charge in [-0.1, -0.05) is 18.2 Å². The topological polar surface area (TPSA) is 84.5 Å². The fourth-order valence-electron chi connectivity index (χ4n) is 2.70. The monoisotopic (exact) mass is 430 g/mol. The first kappa shape index (κ1) is 20.9. The zero-order valence-electron chi connectivity index (χ0n) is 15.9. The van der Waals surface area contributed by atoms with Crippen LogP contribution in [0.5, 0.6) is 5.75 Å². The average molecular weight is 431 g/mol. The van der Waals surface area contributed by atoms with Crippen molar-refractivity contribution in [1.29, 1.82) is 0 Å². The molecule has 0 atom stereocenters. The Balaban J connectivity index is 1.47. The highest BCUT2D eigenvalue weighted by molar-refractivity contribution is 7.94. The van der Waals surface area contributed by atoms with Gasteiger partial charge in [0.1, 0.15) is 9.96 Å². The average Bonchev–Trinajstić information content (AvgIpc) is 3.28. The lowest BCUT2D eigenvalue weighted by Crippen LogP contribution is -2.24. The van der Waals surface area contributed by atoms with Gasteiger partial charge in [0, 0.05) is 17.8 Å². The van der Waals surface area contributed by atoms with E-state index >= 15 is 0 Å². The third-order valence-corrected chi connectivity index (χ3v) is 7.02. The molecule has 0 saturated heterocycles. The number of nitrogens with one attached hydrogen (secondary N) is 2. The molecule has 1 aromatic heterocycles. The maximum Gasteiger partial charge on any atom is 0.271 e. The molecule has 2 aromatic carbocycles. The molecule has 29 heavy (non-hydrogen) atoms. The standard InChI is InChI=1S/C21H22N2O4S2/c1-27-19-12-6-16(7-13-19)4-2-14-22-21(24)17-8-10-18(11-9-17)23-29(25,26)20-5-3-15-28-20/h3,5-13,15,23H,2,4,14H2,1H3,(H,22,24). The molecule has 0 radical (unpaired) electrons. The van der Waals surface area contributed by atoms with Crippen molar-refractivity contribution in [2.24, 2.45) is 0 Å². The molecule has 0 saturated carbocycles. The number of hydrogen-bond donors (Lipinski definition) is 2. The first-order chi connectivity index (χ1) is 14.0. The summed E-state index contributed by atoms with van der Waals surface area (Å²) in [5.41, 5.74) is 2.07. The second-order valence-corrected chi connectivity index (χ2v) is 9.18.